The van der Waals surface area contributed by atoms with Crippen LogP contribution in [0.5, 0.6) is 23.1 Å². The molecule has 0 N–H and O–H groups in total. The van der Waals surface area contributed by atoms with Gasteiger partial charge >= 0.3 is 0 Å². The van der Waals surface area contributed by atoms with Crippen LogP contribution in [-0.4, -0.2) is 60.6 Å². The highest BCUT2D eigenvalue weighted by Gasteiger charge is 2.21. The zero-order valence-corrected chi connectivity index (χ0v) is 19.1. The van der Waals surface area contributed by atoms with Gasteiger partial charge in [0.1, 0.15) is 17.9 Å². The topological polar surface area (TPSA) is 64.1 Å². The van der Waals surface area contributed by atoms with Gasteiger partial charge < -0.3 is 19.1 Å². The number of nitrogens with zero attached hydrogens (tertiary/aromatic N) is 3. The summed E-state index contributed by atoms with van der Waals surface area (Å²) in [5.74, 6) is 2.16. The fourth-order valence-corrected chi connectivity index (χ4v) is 3.66. The molecule has 4 rings (SSSR count). The minimum absolute atomic E-state index is 0.128. The molecule has 0 spiro atoms. The molecule has 1 aliphatic rings. The fraction of sp³-hybridized carbons (Fsp3) is 0.308. The molecule has 0 atom stereocenters. The second-order valence-electron chi connectivity index (χ2n) is 7.83. The third-order valence-corrected chi connectivity index (χ3v) is 5.46. The van der Waals surface area contributed by atoms with E-state index in [0.29, 0.717) is 49.9 Å². The number of ether oxygens (including phenoxy) is 3. The average molecular weight is 448 g/mol. The van der Waals surface area contributed by atoms with Gasteiger partial charge in [-0.1, -0.05) is 24.3 Å². The monoisotopic (exact) mass is 447 g/mol. The summed E-state index contributed by atoms with van der Waals surface area (Å²) in [5.41, 5.74) is 1.60. The molecule has 0 saturated carbocycles. The van der Waals surface area contributed by atoms with Crippen molar-refractivity contribution in [1.29, 1.82) is 0 Å². The van der Waals surface area contributed by atoms with Crippen molar-refractivity contribution in [1.82, 2.24) is 14.8 Å². The Labute approximate surface area is 194 Å². The van der Waals surface area contributed by atoms with Crippen LogP contribution in [0.3, 0.4) is 0 Å². The smallest absolute Gasteiger partial charge is 0.259 e. The van der Waals surface area contributed by atoms with Crippen molar-refractivity contribution < 1.29 is 19.0 Å². The Bertz CT molecular complexity index is 1070. The molecule has 0 unspecified atom stereocenters. The fourth-order valence-electron chi connectivity index (χ4n) is 3.66. The predicted molar refractivity (Wildman–Crippen MR) is 126 cm³/mol. The van der Waals surface area contributed by atoms with Gasteiger partial charge in [0.15, 0.2) is 11.5 Å². The quantitative estimate of drug-likeness (QED) is 0.596. The average Bonchev–Trinajstić information content (AvgIpc) is 2.84. The summed E-state index contributed by atoms with van der Waals surface area (Å²) in [6.45, 7) is 5.83. The normalized spacial score (nSPS) is 15.1. The molecule has 0 bridgehead atoms. The first-order chi connectivity index (χ1) is 16.1. The molecular weight excluding hydrogens is 418 g/mol. The van der Waals surface area contributed by atoms with Crippen LogP contribution in [0.25, 0.3) is 0 Å². The van der Waals surface area contributed by atoms with E-state index >= 15 is 0 Å². The van der Waals surface area contributed by atoms with E-state index in [1.807, 2.05) is 43.3 Å². The summed E-state index contributed by atoms with van der Waals surface area (Å²) in [6.07, 6.45) is 1.62. The SMILES string of the molecule is CCOc1ccc(CN2CCOc3ccccc3Oc3ncccc3C(=O)N(C)CC2)cc1. The van der Waals surface area contributed by atoms with Gasteiger partial charge in [0.05, 0.1) is 6.61 Å². The van der Waals surface area contributed by atoms with Crippen LogP contribution in [0.2, 0.25) is 0 Å². The maximum Gasteiger partial charge on any atom is 0.259 e. The Kier molecular flexibility index (Phi) is 7.42. The van der Waals surface area contributed by atoms with Gasteiger partial charge in [-0.2, -0.15) is 0 Å². The number of likely N-dealkylation sites (N-methyl/N-ethyl adjacent to an activating group) is 1. The van der Waals surface area contributed by atoms with Gasteiger partial charge in [0, 0.05) is 39.4 Å². The molecule has 33 heavy (non-hydrogen) atoms. The molecule has 1 amide bonds. The Morgan fingerprint density at radius 1 is 0.970 bits per heavy atom. The van der Waals surface area contributed by atoms with Gasteiger partial charge in [-0.05, 0) is 48.9 Å². The first-order valence-electron chi connectivity index (χ1n) is 11.2. The predicted octanol–water partition coefficient (Wildman–Crippen LogP) is 4.24. The van der Waals surface area contributed by atoms with E-state index in [9.17, 15) is 4.79 Å². The zero-order valence-electron chi connectivity index (χ0n) is 19.1. The number of carbonyl (C=O) groups excluding carboxylic acids is 1. The third-order valence-electron chi connectivity index (χ3n) is 5.46. The first kappa shape index (κ1) is 22.6. The highest BCUT2D eigenvalue weighted by molar-refractivity contribution is 5.96. The number of para-hydroxylation sites is 2. The second-order valence-corrected chi connectivity index (χ2v) is 7.83. The lowest BCUT2D eigenvalue weighted by molar-refractivity contribution is 0.0770. The lowest BCUT2D eigenvalue weighted by Gasteiger charge is -2.25. The maximum atomic E-state index is 13.2. The summed E-state index contributed by atoms with van der Waals surface area (Å²) in [4.78, 5) is 21.4. The summed E-state index contributed by atoms with van der Waals surface area (Å²) >= 11 is 0. The second kappa shape index (κ2) is 10.8. The van der Waals surface area contributed by atoms with E-state index in [-0.39, 0.29) is 11.8 Å². The number of carbonyl (C=O) groups is 1. The van der Waals surface area contributed by atoms with Crippen molar-refractivity contribution in [2.24, 2.45) is 0 Å². The molecule has 1 aromatic heterocycles. The van der Waals surface area contributed by atoms with Crippen LogP contribution in [0, 0.1) is 0 Å². The van der Waals surface area contributed by atoms with Crippen molar-refractivity contribution in [2.75, 3.05) is 39.9 Å². The molecule has 0 aliphatic carbocycles. The standard InChI is InChI=1S/C26H29N3O4/c1-3-31-21-12-10-20(11-13-21)19-29-16-15-28(2)26(30)22-7-6-14-27-25(22)33-24-9-5-4-8-23(24)32-18-17-29/h4-14H,3,15-19H2,1-2H3. The zero-order chi connectivity index (χ0) is 23.0. The van der Waals surface area contributed by atoms with Crippen molar-refractivity contribution in [3.05, 3.63) is 78.0 Å². The number of benzene rings is 2. The van der Waals surface area contributed by atoms with Crippen molar-refractivity contribution >= 4 is 5.91 Å². The number of hydrogen-bond acceptors (Lipinski definition) is 6. The molecule has 2 heterocycles. The minimum atomic E-state index is -0.128. The van der Waals surface area contributed by atoms with E-state index in [4.69, 9.17) is 14.2 Å². The number of amides is 1. The number of aromatic nitrogens is 1. The van der Waals surface area contributed by atoms with Crippen LogP contribution in [-0.2, 0) is 6.54 Å². The van der Waals surface area contributed by atoms with E-state index in [2.05, 4.69) is 22.0 Å². The molecule has 0 radical (unpaired) electrons. The Balaban J connectivity index is 1.57. The highest BCUT2D eigenvalue weighted by Crippen LogP contribution is 2.32. The Hall–Kier alpha value is -3.58. The van der Waals surface area contributed by atoms with Crippen molar-refractivity contribution in [3.8, 4) is 23.1 Å². The third kappa shape index (κ3) is 5.81. The molecule has 3 aromatic rings. The highest BCUT2D eigenvalue weighted by atomic mass is 16.5. The van der Waals surface area contributed by atoms with E-state index < -0.39 is 0 Å². The van der Waals surface area contributed by atoms with Gasteiger partial charge in [-0.25, -0.2) is 4.98 Å². The number of hydrogen-bond donors (Lipinski definition) is 0. The van der Waals surface area contributed by atoms with Crippen LogP contribution < -0.4 is 14.2 Å². The number of fused-ring (bicyclic) bond motifs is 2. The summed E-state index contributed by atoms with van der Waals surface area (Å²) < 4.78 is 17.6. The number of pyridine rings is 1. The largest absolute Gasteiger partial charge is 0.494 e. The van der Waals surface area contributed by atoms with Gasteiger partial charge in [-0.15, -0.1) is 0 Å². The minimum Gasteiger partial charge on any atom is -0.494 e. The Morgan fingerprint density at radius 2 is 1.76 bits per heavy atom. The van der Waals surface area contributed by atoms with E-state index in [1.54, 1.807) is 30.3 Å². The van der Waals surface area contributed by atoms with Gasteiger partial charge in [-0.3, -0.25) is 9.69 Å². The van der Waals surface area contributed by atoms with Crippen LogP contribution in [0.15, 0.2) is 66.9 Å². The lowest BCUT2D eigenvalue weighted by Crippen LogP contribution is -2.37. The molecular formula is C26H29N3O4. The van der Waals surface area contributed by atoms with Crippen LogP contribution in [0.1, 0.15) is 22.8 Å². The molecule has 0 saturated heterocycles. The van der Waals surface area contributed by atoms with Gasteiger partial charge in [0.25, 0.3) is 5.91 Å². The number of rotatable bonds is 4. The summed E-state index contributed by atoms with van der Waals surface area (Å²) in [6, 6.07) is 19.1. The van der Waals surface area contributed by atoms with Crippen molar-refractivity contribution in [2.45, 2.75) is 13.5 Å². The van der Waals surface area contributed by atoms with Crippen LogP contribution >= 0.6 is 0 Å². The first-order valence-corrected chi connectivity index (χ1v) is 11.2. The summed E-state index contributed by atoms with van der Waals surface area (Å²) in [7, 11) is 1.80. The molecule has 7 nitrogen and oxygen atoms in total. The molecule has 172 valence electrons. The lowest BCUT2D eigenvalue weighted by atomic mass is 10.2. The molecule has 7 heteroatoms. The summed E-state index contributed by atoms with van der Waals surface area (Å²) in [5, 5.41) is 0. The van der Waals surface area contributed by atoms with Gasteiger partial charge in [0.2, 0.25) is 5.88 Å². The van der Waals surface area contributed by atoms with E-state index in [0.717, 1.165) is 12.3 Å². The van der Waals surface area contributed by atoms with E-state index in [1.165, 1.54) is 5.56 Å². The van der Waals surface area contributed by atoms with Crippen molar-refractivity contribution in [3.63, 3.8) is 0 Å². The molecule has 0 fully saturated rings. The molecule has 1 aliphatic heterocycles. The Morgan fingerprint density at radius 3 is 2.55 bits per heavy atom. The van der Waals surface area contributed by atoms with Crippen LogP contribution in [0.4, 0.5) is 0 Å². The molecule has 2 aromatic carbocycles. The maximum absolute atomic E-state index is 13.2.